The van der Waals surface area contributed by atoms with Crippen molar-refractivity contribution in [1.82, 2.24) is 25.5 Å². The van der Waals surface area contributed by atoms with Crippen LogP contribution in [0.3, 0.4) is 0 Å². The summed E-state index contributed by atoms with van der Waals surface area (Å²) in [6, 6.07) is 11.6. The van der Waals surface area contributed by atoms with Crippen LogP contribution in [0, 0.1) is 0 Å². The van der Waals surface area contributed by atoms with Gasteiger partial charge in [-0.05, 0) is 54.7 Å². The van der Waals surface area contributed by atoms with Gasteiger partial charge in [0.25, 0.3) is 0 Å². The van der Waals surface area contributed by atoms with Crippen LogP contribution in [-0.4, -0.2) is 56.6 Å². The standard InChI is InChI=1S/C25H25FN6O/c1-32(22-10-17-4-7-20(30-17)25(22)26)24-13-27-21(12-28-24)18-5-2-15(9-23(18)33)14-3-6-19-16(8-14)11-29-31-19/h2-3,5-6,8-9,11-13,17,20,22,25,30,33H,4,7,10H2,1H3,(H,29,31)/t17-,20+,22-,25+/m0/s1. The molecule has 7 nitrogen and oxygen atoms in total. The molecule has 33 heavy (non-hydrogen) atoms. The number of phenols is 1. The number of piperidine rings is 1. The maximum absolute atomic E-state index is 14.9. The van der Waals surface area contributed by atoms with Crippen LogP contribution in [0.5, 0.6) is 5.75 Å². The lowest BCUT2D eigenvalue weighted by molar-refractivity contribution is 0.176. The summed E-state index contributed by atoms with van der Waals surface area (Å²) in [5, 5.41) is 22.1. The number of nitrogens with one attached hydrogen (secondary N) is 2. The Kier molecular flexibility index (Phi) is 4.76. The fourth-order valence-electron chi connectivity index (χ4n) is 5.21. The summed E-state index contributed by atoms with van der Waals surface area (Å²) in [5.41, 5.74) is 4.04. The molecule has 2 fully saturated rings. The third-order valence-electron chi connectivity index (χ3n) is 7.10. The molecule has 2 bridgehead atoms. The van der Waals surface area contributed by atoms with E-state index in [1.54, 1.807) is 24.7 Å². The van der Waals surface area contributed by atoms with Gasteiger partial charge in [-0.25, -0.2) is 9.37 Å². The molecular formula is C25H25FN6O. The van der Waals surface area contributed by atoms with Crippen molar-refractivity contribution in [2.24, 2.45) is 0 Å². The van der Waals surface area contributed by atoms with Crippen molar-refractivity contribution in [3.05, 3.63) is 55.0 Å². The first-order chi connectivity index (χ1) is 16.1. The van der Waals surface area contributed by atoms with E-state index in [4.69, 9.17) is 0 Å². The topological polar surface area (TPSA) is 90.0 Å². The van der Waals surface area contributed by atoms with E-state index < -0.39 is 6.17 Å². The molecule has 2 aliphatic rings. The Labute approximate surface area is 190 Å². The van der Waals surface area contributed by atoms with Crippen LogP contribution in [0.15, 0.2) is 55.0 Å². The summed E-state index contributed by atoms with van der Waals surface area (Å²) < 4.78 is 14.9. The number of halogens is 1. The maximum atomic E-state index is 14.9. The molecule has 4 aromatic rings. The molecule has 0 aliphatic carbocycles. The van der Waals surface area contributed by atoms with Crippen LogP contribution in [0.25, 0.3) is 33.3 Å². The number of aromatic amines is 1. The van der Waals surface area contributed by atoms with E-state index in [0.29, 0.717) is 23.1 Å². The monoisotopic (exact) mass is 444 g/mol. The molecule has 4 atom stereocenters. The molecule has 0 amide bonds. The Hall–Kier alpha value is -3.52. The number of H-pyrrole nitrogens is 1. The SMILES string of the molecule is CN(c1cnc(-c2ccc(-c3ccc4[nH]ncc4c3)cc2O)cn1)[C@H]1C[C@@H]2CC[C@@H](N2)[C@H]1F. The lowest BCUT2D eigenvalue weighted by Crippen LogP contribution is -2.55. The van der Waals surface area contributed by atoms with Crippen LogP contribution in [0.4, 0.5) is 10.2 Å². The first-order valence-corrected chi connectivity index (χ1v) is 11.3. The smallest absolute Gasteiger partial charge is 0.147 e. The molecule has 0 saturated carbocycles. The van der Waals surface area contributed by atoms with Crippen LogP contribution >= 0.6 is 0 Å². The molecule has 2 aromatic carbocycles. The van der Waals surface area contributed by atoms with E-state index in [9.17, 15) is 9.50 Å². The van der Waals surface area contributed by atoms with E-state index in [1.807, 2.05) is 42.3 Å². The van der Waals surface area contributed by atoms with Crippen molar-refractivity contribution in [2.75, 3.05) is 11.9 Å². The number of aromatic hydroxyl groups is 1. The van der Waals surface area contributed by atoms with Gasteiger partial charge in [-0.1, -0.05) is 12.1 Å². The Morgan fingerprint density at radius 1 is 1.03 bits per heavy atom. The Bertz CT molecular complexity index is 1310. The van der Waals surface area contributed by atoms with Crippen molar-refractivity contribution in [1.29, 1.82) is 0 Å². The predicted molar refractivity (Wildman–Crippen MR) is 126 cm³/mol. The Morgan fingerprint density at radius 3 is 2.70 bits per heavy atom. The van der Waals surface area contributed by atoms with Crippen LogP contribution < -0.4 is 10.2 Å². The van der Waals surface area contributed by atoms with Crippen LogP contribution in [0.2, 0.25) is 0 Å². The lowest BCUT2D eigenvalue weighted by atomic mass is 9.96. The fourth-order valence-corrected chi connectivity index (χ4v) is 5.21. The lowest BCUT2D eigenvalue weighted by Gasteiger charge is -2.38. The van der Waals surface area contributed by atoms with Crippen LogP contribution in [0.1, 0.15) is 19.3 Å². The summed E-state index contributed by atoms with van der Waals surface area (Å²) in [4.78, 5) is 11.0. The van der Waals surface area contributed by atoms with Gasteiger partial charge in [0.1, 0.15) is 17.7 Å². The van der Waals surface area contributed by atoms with Gasteiger partial charge in [-0.15, -0.1) is 0 Å². The van der Waals surface area contributed by atoms with E-state index in [-0.39, 0.29) is 17.8 Å². The van der Waals surface area contributed by atoms with E-state index in [1.165, 1.54) is 0 Å². The van der Waals surface area contributed by atoms with E-state index in [2.05, 4.69) is 25.5 Å². The van der Waals surface area contributed by atoms with Gasteiger partial charge in [0, 0.05) is 30.1 Å². The number of hydrogen-bond donors (Lipinski definition) is 3. The number of phenolic OH excluding ortho intramolecular Hbond substituents is 1. The number of anilines is 1. The molecule has 6 rings (SSSR count). The van der Waals surface area contributed by atoms with Gasteiger partial charge in [0.05, 0.1) is 35.8 Å². The highest BCUT2D eigenvalue weighted by Gasteiger charge is 2.43. The normalized spacial score (nSPS) is 24.3. The Balaban J connectivity index is 1.23. The number of hydrogen-bond acceptors (Lipinski definition) is 6. The van der Waals surface area contributed by atoms with Crippen LogP contribution in [-0.2, 0) is 0 Å². The molecule has 2 aliphatic heterocycles. The molecule has 2 aromatic heterocycles. The molecule has 4 heterocycles. The highest BCUT2D eigenvalue weighted by Crippen LogP contribution is 2.35. The summed E-state index contributed by atoms with van der Waals surface area (Å²) in [6.45, 7) is 0. The maximum Gasteiger partial charge on any atom is 0.147 e. The number of rotatable bonds is 4. The van der Waals surface area contributed by atoms with Gasteiger partial charge in [0.15, 0.2) is 0 Å². The second kappa shape index (κ2) is 7.81. The second-order valence-electron chi connectivity index (χ2n) is 9.07. The third kappa shape index (κ3) is 3.51. The predicted octanol–water partition coefficient (Wildman–Crippen LogP) is 4.06. The zero-order chi connectivity index (χ0) is 22.5. The van der Waals surface area contributed by atoms with Crippen molar-refractivity contribution in [3.8, 4) is 28.1 Å². The first-order valence-electron chi connectivity index (χ1n) is 11.3. The minimum absolute atomic E-state index is 0.0619. The van der Waals surface area contributed by atoms with E-state index >= 15 is 0 Å². The molecule has 0 unspecified atom stereocenters. The van der Waals surface area contributed by atoms with Crippen molar-refractivity contribution in [2.45, 2.75) is 43.6 Å². The fraction of sp³-hybridized carbons (Fsp3) is 0.320. The highest BCUT2D eigenvalue weighted by atomic mass is 19.1. The number of fused-ring (bicyclic) bond motifs is 3. The summed E-state index contributed by atoms with van der Waals surface area (Å²) in [5.74, 6) is 0.770. The average Bonchev–Trinajstić information content (AvgIpc) is 3.48. The van der Waals surface area contributed by atoms with Gasteiger partial charge in [-0.3, -0.25) is 10.1 Å². The number of aromatic nitrogens is 4. The highest BCUT2D eigenvalue weighted by molar-refractivity contribution is 5.85. The second-order valence-corrected chi connectivity index (χ2v) is 9.07. The minimum Gasteiger partial charge on any atom is -0.507 e. The molecule has 168 valence electrons. The zero-order valence-corrected chi connectivity index (χ0v) is 18.2. The van der Waals surface area contributed by atoms with Gasteiger partial charge in [0.2, 0.25) is 0 Å². The quantitative estimate of drug-likeness (QED) is 0.440. The number of alkyl halides is 1. The van der Waals surface area contributed by atoms with E-state index in [0.717, 1.165) is 41.3 Å². The summed E-state index contributed by atoms with van der Waals surface area (Å²) in [7, 11) is 1.88. The van der Waals surface area contributed by atoms with Crippen molar-refractivity contribution >= 4 is 16.7 Å². The van der Waals surface area contributed by atoms with Crippen molar-refractivity contribution < 1.29 is 9.50 Å². The van der Waals surface area contributed by atoms with Gasteiger partial charge in [-0.2, -0.15) is 5.10 Å². The third-order valence-corrected chi connectivity index (χ3v) is 7.10. The number of nitrogens with zero attached hydrogens (tertiary/aromatic N) is 4. The molecule has 2 saturated heterocycles. The minimum atomic E-state index is -0.923. The Morgan fingerprint density at radius 2 is 1.88 bits per heavy atom. The van der Waals surface area contributed by atoms with Crippen molar-refractivity contribution in [3.63, 3.8) is 0 Å². The largest absolute Gasteiger partial charge is 0.507 e. The molecule has 0 spiro atoms. The zero-order valence-electron chi connectivity index (χ0n) is 18.2. The summed E-state index contributed by atoms with van der Waals surface area (Å²) >= 11 is 0. The van der Waals surface area contributed by atoms with Gasteiger partial charge < -0.3 is 15.3 Å². The summed E-state index contributed by atoms with van der Waals surface area (Å²) in [6.07, 6.45) is 6.85. The molecule has 0 radical (unpaired) electrons. The molecular weight excluding hydrogens is 419 g/mol. The molecule has 3 N–H and O–H groups in total. The van der Waals surface area contributed by atoms with Gasteiger partial charge >= 0.3 is 0 Å². The number of benzene rings is 2. The average molecular weight is 445 g/mol. The first kappa shape index (κ1) is 20.1. The molecule has 8 heteroatoms.